The van der Waals surface area contributed by atoms with Crippen LogP contribution in [0, 0.1) is 6.92 Å². The predicted molar refractivity (Wildman–Crippen MR) is 99.7 cm³/mol. The van der Waals surface area contributed by atoms with Crippen LogP contribution in [0.4, 0.5) is 11.6 Å². The summed E-state index contributed by atoms with van der Waals surface area (Å²) in [4.78, 5) is 23.9. The molecular formula is C18H20N6O3. The van der Waals surface area contributed by atoms with Crippen LogP contribution < -0.4 is 5.32 Å². The molecule has 0 radical (unpaired) electrons. The average molecular weight is 368 g/mol. The molecule has 4 rings (SSSR count). The van der Waals surface area contributed by atoms with Crippen LogP contribution in [0.1, 0.15) is 30.8 Å². The van der Waals surface area contributed by atoms with Crippen LogP contribution >= 0.6 is 0 Å². The Morgan fingerprint density at radius 3 is 2.89 bits per heavy atom. The van der Waals surface area contributed by atoms with E-state index in [1.54, 1.807) is 6.20 Å². The molecule has 0 spiro atoms. The van der Waals surface area contributed by atoms with Crippen molar-refractivity contribution in [2.24, 2.45) is 0 Å². The van der Waals surface area contributed by atoms with Gasteiger partial charge in [-0.3, -0.25) is 5.10 Å². The molecule has 27 heavy (non-hydrogen) atoms. The fraction of sp³-hybridized carbons (Fsp3) is 0.333. The standard InChI is InChI=1S/C18H20N6O3/c1-10-9-13(24-23-10)20-16-12-5-8-19-15(12)21-14(22-16)11-3-6-18(27-2,7-4-11)17(25)26/h3,5,8-9H,4,6-7H2,1-2H3,(H,25,26)(H3,19,20,21,22,23,24). The van der Waals surface area contributed by atoms with E-state index < -0.39 is 11.6 Å². The smallest absolute Gasteiger partial charge is 0.336 e. The first-order valence-electron chi connectivity index (χ1n) is 8.63. The molecular weight excluding hydrogens is 348 g/mol. The van der Waals surface area contributed by atoms with Crippen LogP contribution in [0.5, 0.6) is 0 Å². The lowest BCUT2D eigenvalue weighted by molar-refractivity contribution is -0.163. The Hall–Kier alpha value is -3.20. The van der Waals surface area contributed by atoms with Gasteiger partial charge in [-0.15, -0.1) is 0 Å². The maximum absolute atomic E-state index is 11.5. The van der Waals surface area contributed by atoms with Crippen molar-refractivity contribution in [2.75, 3.05) is 12.4 Å². The molecule has 0 fully saturated rings. The Bertz CT molecular complexity index is 1040. The summed E-state index contributed by atoms with van der Waals surface area (Å²) in [5, 5.41) is 20.6. The molecule has 3 aromatic heterocycles. The lowest BCUT2D eigenvalue weighted by atomic mass is 9.85. The van der Waals surface area contributed by atoms with E-state index in [1.807, 2.05) is 25.1 Å². The van der Waals surface area contributed by atoms with Gasteiger partial charge in [0.1, 0.15) is 11.5 Å². The first-order valence-corrected chi connectivity index (χ1v) is 8.63. The number of aromatic amines is 2. The van der Waals surface area contributed by atoms with Crippen molar-refractivity contribution in [1.29, 1.82) is 0 Å². The maximum Gasteiger partial charge on any atom is 0.336 e. The number of nitrogens with one attached hydrogen (secondary N) is 3. The molecule has 0 aromatic carbocycles. The summed E-state index contributed by atoms with van der Waals surface area (Å²) in [6.45, 7) is 1.92. The van der Waals surface area contributed by atoms with E-state index in [4.69, 9.17) is 4.74 Å². The number of nitrogens with zero attached hydrogens (tertiary/aromatic N) is 3. The number of H-pyrrole nitrogens is 2. The summed E-state index contributed by atoms with van der Waals surface area (Å²) < 4.78 is 5.27. The van der Waals surface area contributed by atoms with Gasteiger partial charge in [0.05, 0.1) is 5.39 Å². The van der Waals surface area contributed by atoms with Gasteiger partial charge >= 0.3 is 5.97 Å². The quantitative estimate of drug-likeness (QED) is 0.545. The molecule has 0 amide bonds. The second-order valence-electron chi connectivity index (χ2n) is 6.63. The van der Waals surface area contributed by atoms with Crippen molar-refractivity contribution in [1.82, 2.24) is 25.1 Å². The molecule has 4 N–H and O–H groups in total. The maximum atomic E-state index is 11.5. The van der Waals surface area contributed by atoms with Crippen LogP contribution in [0.2, 0.25) is 0 Å². The molecule has 3 heterocycles. The topological polar surface area (TPSA) is 129 Å². The van der Waals surface area contributed by atoms with Gasteiger partial charge in [0, 0.05) is 31.5 Å². The highest BCUT2D eigenvalue weighted by Gasteiger charge is 2.40. The number of hydrogen-bond donors (Lipinski definition) is 4. The number of carbonyl (C=O) groups is 1. The zero-order chi connectivity index (χ0) is 19.0. The van der Waals surface area contributed by atoms with Gasteiger partial charge in [-0.05, 0) is 31.4 Å². The Morgan fingerprint density at radius 2 is 2.26 bits per heavy atom. The molecule has 0 saturated heterocycles. The highest BCUT2D eigenvalue weighted by atomic mass is 16.5. The normalized spacial score (nSPS) is 19.9. The third-order valence-corrected chi connectivity index (χ3v) is 4.91. The highest BCUT2D eigenvalue weighted by molar-refractivity contribution is 5.90. The number of aromatic nitrogens is 5. The van der Waals surface area contributed by atoms with E-state index in [-0.39, 0.29) is 6.42 Å². The summed E-state index contributed by atoms with van der Waals surface area (Å²) in [5.41, 5.74) is 1.38. The number of carboxylic acids is 1. The van der Waals surface area contributed by atoms with Crippen molar-refractivity contribution in [3.63, 3.8) is 0 Å². The number of hydrogen-bond acceptors (Lipinski definition) is 6. The van der Waals surface area contributed by atoms with E-state index in [2.05, 4.69) is 30.5 Å². The third kappa shape index (κ3) is 3.06. The van der Waals surface area contributed by atoms with Gasteiger partial charge in [0.15, 0.2) is 17.2 Å². The predicted octanol–water partition coefficient (Wildman–Crippen LogP) is 2.77. The number of aliphatic carboxylic acids is 1. The van der Waals surface area contributed by atoms with Crippen molar-refractivity contribution in [3.8, 4) is 0 Å². The number of fused-ring (bicyclic) bond motifs is 1. The van der Waals surface area contributed by atoms with Crippen molar-refractivity contribution < 1.29 is 14.6 Å². The van der Waals surface area contributed by atoms with Crippen LogP contribution in [0.15, 0.2) is 24.4 Å². The van der Waals surface area contributed by atoms with Crippen LogP contribution in [0.25, 0.3) is 16.6 Å². The number of carboxylic acid groups (broad SMARTS) is 1. The molecule has 1 aliphatic carbocycles. The zero-order valence-corrected chi connectivity index (χ0v) is 15.0. The molecule has 1 atom stereocenters. The van der Waals surface area contributed by atoms with Gasteiger partial charge in [-0.1, -0.05) is 6.08 Å². The Kier molecular flexibility index (Phi) is 4.15. The number of anilines is 2. The lowest BCUT2D eigenvalue weighted by Crippen LogP contribution is -2.41. The fourth-order valence-electron chi connectivity index (χ4n) is 3.28. The number of rotatable bonds is 5. The molecule has 1 unspecified atom stereocenters. The number of ether oxygens (including phenoxy) is 1. The highest BCUT2D eigenvalue weighted by Crippen LogP contribution is 2.35. The lowest BCUT2D eigenvalue weighted by Gasteiger charge is -2.30. The van der Waals surface area contributed by atoms with Crippen molar-refractivity contribution in [3.05, 3.63) is 35.9 Å². The van der Waals surface area contributed by atoms with Crippen molar-refractivity contribution in [2.45, 2.75) is 31.8 Å². The SMILES string of the molecule is COC1(C(=O)O)CC=C(c2nc(Nc3cc(C)[nH]n3)c3cc[nH]c3n2)CC1. The zero-order valence-electron chi connectivity index (χ0n) is 15.0. The second kappa shape index (κ2) is 6.51. The third-order valence-electron chi connectivity index (χ3n) is 4.91. The largest absolute Gasteiger partial charge is 0.479 e. The molecule has 3 aromatic rings. The molecule has 0 saturated carbocycles. The summed E-state index contributed by atoms with van der Waals surface area (Å²) >= 11 is 0. The minimum atomic E-state index is -1.17. The molecule has 0 aliphatic heterocycles. The van der Waals surface area contributed by atoms with Gasteiger partial charge in [0.25, 0.3) is 0 Å². The first kappa shape index (κ1) is 17.2. The Morgan fingerprint density at radius 1 is 1.41 bits per heavy atom. The van der Waals surface area contributed by atoms with Gasteiger partial charge in [-0.25, -0.2) is 14.8 Å². The first-order chi connectivity index (χ1) is 13.0. The molecule has 9 heteroatoms. The summed E-state index contributed by atoms with van der Waals surface area (Å²) in [6.07, 6.45) is 4.83. The van der Waals surface area contributed by atoms with E-state index in [0.29, 0.717) is 35.9 Å². The van der Waals surface area contributed by atoms with Gasteiger partial charge < -0.3 is 20.1 Å². The summed E-state index contributed by atoms with van der Waals surface area (Å²) in [6, 6.07) is 3.79. The Labute approximate surface area is 154 Å². The van der Waals surface area contributed by atoms with Gasteiger partial charge in [-0.2, -0.15) is 5.10 Å². The average Bonchev–Trinajstić information content (AvgIpc) is 3.30. The number of methoxy groups -OCH3 is 1. The minimum Gasteiger partial charge on any atom is -0.479 e. The van der Waals surface area contributed by atoms with Crippen LogP contribution in [-0.2, 0) is 9.53 Å². The second-order valence-corrected chi connectivity index (χ2v) is 6.63. The molecule has 0 bridgehead atoms. The van der Waals surface area contributed by atoms with E-state index >= 15 is 0 Å². The van der Waals surface area contributed by atoms with E-state index in [0.717, 1.165) is 16.7 Å². The van der Waals surface area contributed by atoms with Crippen LogP contribution in [-0.4, -0.2) is 48.9 Å². The van der Waals surface area contributed by atoms with Gasteiger partial charge in [0.2, 0.25) is 0 Å². The van der Waals surface area contributed by atoms with Crippen LogP contribution in [0.3, 0.4) is 0 Å². The van der Waals surface area contributed by atoms with E-state index in [9.17, 15) is 9.90 Å². The number of allylic oxidation sites excluding steroid dienone is 1. The Balaban J connectivity index is 1.70. The summed E-state index contributed by atoms with van der Waals surface area (Å²) in [5.74, 6) is 0.930. The fourth-order valence-corrected chi connectivity index (χ4v) is 3.28. The summed E-state index contributed by atoms with van der Waals surface area (Å²) in [7, 11) is 1.43. The monoisotopic (exact) mass is 368 g/mol. The molecule has 1 aliphatic rings. The van der Waals surface area contributed by atoms with Crippen molar-refractivity contribution >= 4 is 34.2 Å². The number of aryl methyl sites for hydroxylation is 1. The minimum absolute atomic E-state index is 0.279. The molecule has 9 nitrogen and oxygen atoms in total. The molecule has 140 valence electrons. The van der Waals surface area contributed by atoms with E-state index in [1.165, 1.54) is 7.11 Å².